The largest absolute Gasteiger partial charge is 0.504 e. The number of nitrogens with zero attached hydrogens (tertiary/aromatic N) is 4. The molecule has 186 valence electrons. The molecule has 2 aromatic carbocycles. The molecule has 36 heavy (non-hydrogen) atoms. The van der Waals surface area contributed by atoms with E-state index >= 15 is 0 Å². The van der Waals surface area contributed by atoms with E-state index in [1.165, 1.54) is 24.8 Å². The molecule has 0 bridgehead atoms. The fourth-order valence-electron chi connectivity index (χ4n) is 4.99. The van der Waals surface area contributed by atoms with Gasteiger partial charge in [0.15, 0.2) is 11.5 Å². The summed E-state index contributed by atoms with van der Waals surface area (Å²) in [4.78, 5) is 37.7. The van der Waals surface area contributed by atoms with Crippen LogP contribution >= 0.6 is 0 Å². The third-order valence-electron chi connectivity index (χ3n) is 6.76. The zero-order valence-electron chi connectivity index (χ0n) is 20.1. The van der Waals surface area contributed by atoms with E-state index < -0.39 is 22.3 Å². The molecule has 5 rings (SSSR count). The summed E-state index contributed by atoms with van der Waals surface area (Å²) in [7, 11) is 4.39. The van der Waals surface area contributed by atoms with E-state index in [9.17, 15) is 24.8 Å². The molecule has 0 fully saturated rings. The van der Waals surface area contributed by atoms with Crippen molar-refractivity contribution >= 4 is 16.6 Å². The van der Waals surface area contributed by atoms with Crippen molar-refractivity contribution in [3.8, 4) is 22.8 Å². The maximum absolute atomic E-state index is 13.5. The van der Waals surface area contributed by atoms with E-state index in [1.54, 1.807) is 44.3 Å². The maximum Gasteiger partial charge on any atom is 0.331 e. The highest BCUT2D eigenvalue weighted by atomic mass is 16.6. The molecule has 0 spiro atoms. The van der Waals surface area contributed by atoms with Gasteiger partial charge in [-0.2, -0.15) is 0 Å². The van der Waals surface area contributed by atoms with Gasteiger partial charge in [-0.15, -0.1) is 0 Å². The molecule has 2 aromatic heterocycles. The molecule has 0 amide bonds. The number of nitro benzene ring substituents is 1. The highest BCUT2D eigenvalue weighted by Gasteiger charge is 2.35. The Morgan fingerprint density at radius 3 is 2.61 bits per heavy atom. The number of aromatic hydroxyl groups is 1. The predicted octanol–water partition coefficient (Wildman–Crippen LogP) is 2.76. The van der Waals surface area contributed by atoms with Crippen LogP contribution in [0.4, 0.5) is 5.69 Å². The lowest BCUT2D eigenvalue weighted by Gasteiger charge is -2.28. The normalized spacial score (nSPS) is 15.2. The van der Waals surface area contributed by atoms with Gasteiger partial charge in [0.1, 0.15) is 6.10 Å². The van der Waals surface area contributed by atoms with Crippen LogP contribution in [0, 0.1) is 17.0 Å². The highest BCUT2D eigenvalue weighted by Crippen LogP contribution is 2.45. The highest BCUT2D eigenvalue weighted by molar-refractivity contribution is 5.97. The maximum atomic E-state index is 13.5. The second-order valence-electron chi connectivity index (χ2n) is 8.72. The van der Waals surface area contributed by atoms with Crippen LogP contribution in [0.15, 0.2) is 46.0 Å². The smallest absolute Gasteiger partial charge is 0.331 e. The first-order chi connectivity index (χ1) is 17.2. The van der Waals surface area contributed by atoms with Gasteiger partial charge in [-0.1, -0.05) is 24.3 Å². The number of rotatable bonds is 4. The van der Waals surface area contributed by atoms with Crippen molar-refractivity contribution in [3.63, 3.8) is 0 Å². The molecular weight excluding hydrogens is 468 g/mol. The van der Waals surface area contributed by atoms with Crippen LogP contribution < -0.4 is 16.0 Å². The molecule has 1 N–H and O–H groups in total. The number of para-hydroxylation sites is 1. The van der Waals surface area contributed by atoms with E-state index in [4.69, 9.17) is 9.47 Å². The predicted molar refractivity (Wildman–Crippen MR) is 132 cm³/mol. The minimum absolute atomic E-state index is 0.0770. The van der Waals surface area contributed by atoms with Gasteiger partial charge in [-0.05, 0) is 13.0 Å². The van der Waals surface area contributed by atoms with Crippen molar-refractivity contribution in [3.05, 3.63) is 84.2 Å². The standard InChI is InChI=1S/C25H24N4O7/c1-13-8-9-14(12-16(13)29(33)34)19-18-20(26(2)25(32)27(3)24(18)31)21-23(36-11-10-28(19)21)15-6-5-7-17(35-4)22(15)30/h5-9,12,23,30H,10-11H2,1-4H3/t23-/m0/s1. The van der Waals surface area contributed by atoms with Crippen LogP contribution in [0.2, 0.25) is 0 Å². The summed E-state index contributed by atoms with van der Waals surface area (Å²) in [6.07, 6.45) is -0.830. The van der Waals surface area contributed by atoms with Crippen LogP contribution in [-0.2, 0) is 25.4 Å². The average molecular weight is 492 g/mol. The van der Waals surface area contributed by atoms with Crippen LogP contribution in [0.1, 0.15) is 22.9 Å². The summed E-state index contributed by atoms with van der Waals surface area (Å²) in [6.45, 7) is 2.22. The van der Waals surface area contributed by atoms with E-state index in [0.29, 0.717) is 40.1 Å². The van der Waals surface area contributed by atoms with Gasteiger partial charge >= 0.3 is 5.69 Å². The molecule has 1 aliphatic heterocycles. The van der Waals surface area contributed by atoms with Gasteiger partial charge in [0.25, 0.3) is 11.2 Å². The summed E-state index contributed by atoms with van der Waals surface area (Å²) in [5.41, 5.74) is 1.52. The minimum atomic E-state index is -0.830. The number of hydrogen-bond donors (Lipinski definition) is 1. The molecule has 0 saturated carbocycles. The number of nitro groups is 1. The van der Waals surface area contributed by atoms with Crippen LogP contribution in [0.5, 0.6) is 11.5 Å². The second-order valence-corrected chi connectivity index (χ2v) is 8.72. The van der Waals surface area contributed by atoms with Gasteiger partial charge in [0.05, 0.1) is 40.9 Å². The van der Waals surface area contributed by atoms with E-state index in [0.717, 1.165) is 4.57 Å². The molecule has 3 heterocycles. The summed E-state index contributed by atoms with van der Waals surface area (Å²) in [6, 6.07) is 9.81. The Kier molecular flexibility index (Phi) is 5.44. The number of methoxy groups -OCH3 is 1. The zero-order valence-corrected chi connectivity index (χ0v) is 20.1. The van der Waals surface area contributed by atoms with E-state index in [2.05, 4.69) is 0 Å². The van der Waals surface area contributed by atoms with E-state index in [-0.39, 0.29) is 29.2 Å². The number of ether oxygens (including phenoxy) is 2. The quantitative estimate of drug-likeness (QED) is 0.342. The number of hydrogen-bond acceptors (Lipinski definition) is 7. The summed E-state index contributed by atoms with van der Waals surface area (Å²) in [5.74, 6) is 0.137. The first-order valence-electron chi connectivity index (χ1n) is 11.2. The van der Waals surface area contributed by atoms with Gasteiger partial charge in [0, 0.05) is 43.4 Å². The van der Waals surface area contributed by atoms with Crippen LogP contribution in [-0.4, -0.2) is 37.4 Å². The molecule has 0 radical (unpaired) electrons. The molecule has 0 unspecified atom stereocenters. The number of aromatic nitrogens is 3. The molecule has 1 atom stereocenters. The number of aryl methyl sites for hydroxylation is 2. The lowest BCUT2D eigenvalue weighted by molar-refractivity contribution is -0.385. The first kappa shape index (κ1) is 23.4. The van der Waals surface area contributed by atoms with Crippen molar-refractivity contribution < 1.29 is 19.5 Å². The van der Waals surface area contributed by atoms with Gasteiger partial charge in [-0.25, -0.2) is 4.79 Å². The second kappa shape index (κ2) is 8.38. The van der Waals surface area contributed by atoms with Gasteiger partial charge in [-0.3, -0.25) is 24.0 Å². The fraction of sp³-hybridized carbons (Fsp3) is 0.280. The van der Waals surface area contributed by atoms with Gasteiger partial charge < -0.3 is 19.1 Å². The fourth-order valence-corrected chi connectivity index (χ4v) is 4.99. The van der Waals surface area contributed by atoms with Gasteiger partial charge in [0.2, 0.25) is 0 Å². The Labute approximate surface area is 204 Å². The summed E-state index contributed by atoms with van der Waals surface area (Å²) in [5, 5.41) is 22.8. The zero-order chi connectivity index (χ0) is 25.9. The Morgan fingerprint density at radius 2 is 1.92 bits per heavy atom. The molecule has 4 aromatic rings. The van der Waals surface area contributed by atoms with E-state index in [1.807, 2.05) is 4.57 Å². The average Bonchev–Trinajstić information content (AvgIpc) is 3.22. The number of fused-ring (bicyclic) bond motifs is 3. The third kappa shape index (κ3) is 3.23. The van der Waals surface area contributed by atoms with Crippen LogP contribution in [0.3, 0.4) is 0 Å². The monoisotopic (exact) mass is 492 g/mol. The van der Waals surface area contributed by atoms with Crippen molar-refractivity contribution in [2.24, 2.45) is 14.1 Å². The topological polar surface area (TPSA) is 131 Å². The summed E-state index contributed by atoms with van der Waals surface area (Å²) >= 11 is 0. The minimum Gasteiger partial charge on any atom is -0.504 e. The Bertz CT molecular complexity index is 1680. The summed E-state index contributed by atoms with van der Waals surface area (Å²) < 4.78 is 15.6. The van der Waals surface area contributed by atoms with Crippen molar-refractivity contribution in [2.75, 3.05) is 13.7 Å². The number of phenolic OH excluding ortho intramolecular Hbond substituents is 1. The van der Waals surface area contributed by atoms with Crippen molar-refractivity contribution in [2.45, 2.75) is 19.6 Å². The molecule has 0 saturated heterocycles. The number of phenols is 1. The van der Waals surface area contributed by atoms with Crippen LogP contribution in [0.25, 0.3) is 22.2 Å². The molecule has 0 aliphatic carbocycles. The molecule has 11 nitrogen and oxygen atoms in total. The SMILES string of the molecule is COc1cccc([C@@H]2OCCn3c(-c4ccc(C)c([N+](=O)[O-])c4)c4c(=O)n(C)c(=O)n(C)c4c32)c1O. The lowest BCUT2D eigenvalue weighted by Crippen LogP contribution is -2.37. The Hall–Kier alpha value is -4.38. The Balaban J connectivity index is 1.94. The number of benzene rings is 2. The Morgan fingerprint density at radius 1 is 1.17 bits per heavy atom. The van der Waals surface area contributed by atoms with Crippen molar-refractivity contribution in [1.29, 1.82) is 0 Å². The lowest BCUT2D eigenvalue weighted by atomic mass is 10.0. The first-order valence-corrected chi connectivity index (χ1v) is 11.2. The molecular formula is C25H24N4O7. The third-order valence-corrected chi connectivity index (χ3v) is 6.76. The molecule has 1 aliphatic rings. The van der Waals surface area contributed by atoms with Crippen molar-refractivity contribution in [1.82, 2.24) is 13.7 Å². The molecule has 11 heteroatoms.